The summed E-state index contributed by atoms with van der Waals surface area (Å²) in [5.41, 5.74) is 0.140. The van der Waals surface area contributed by atoms with Crippen molar-refractivity contribution in [1.82, 2.24) is 14.7 Å². The Balaban J connectivity index is 2.09. The number of aliphatic hydroxyl groups excluding tert-OH is 1. The molecule has 1 aromatic heterocycles. The highest BCUT2D eigenvalue weighted by Gasteiger charge is 2.27. The largest absolute Gasteiger partial charge is 0.396 e. The van der Waals surface area contributed by atoms with E-state index in [9.17, 15) is 14.7 Å². The normalized spacial score (nSPS) is 18.3. The zero-order valence-corrected chi connectivity index (χ0v) is 14.1. The quantitative estimate of drug-likeness (QED) is 0.932. The molecule has 1 atom stereocenters. The third kappa shape index (κ3) is 2.94. The molecule has 2 heterocycles. The second-order valence-electron chi connectivity index (χ2n) is 6.68. The van der Waals surface area contributed by atoms with Crippen molar-refractivity contribution in [2.24, 2.45) is 5.92 Å². The van der Waals surface area contributed by atoms with Crippen molar-refractivity contribution in [3.63, 3.8) is 0 Å². The molecule has 0 spiro atoms. The fourth-order valence-corrected chi connectivity index (χ4v) is 3.26. The van der Waals surface area contributed by atoms with Crippen LogP contribution in [-0.2, 0) is 0 Å². The van der Waals surface area contributed by atoms with Crippen LogP contribution >= 0.6 is 0 Å². The first-order chi connectivity index (χ1) is 11.5. The Kier molecular flexibility index (Phi) is 4.66. The molecule has 1 N–H and O–H groups in total. The summed E-state index contributed by atoms with van der Waals surface area (Å²) in [4.78, 5) is 27.3. The van der Waals surface area contributed by atoms with Crippen molar-refractivity contribution in [2.45, 2.75) is 32.7 Å². The first kappa shape index (κ1) is 16.6. The topological polar surface area (TPSA) is 75.4 Å². The summed E-state index contributed by atoms with van der Waals surface area (Å²) in [5, 5.41) is 14.9. The second kappa shape index (κ2) is 6.73. The van der Waals surface area contributed by atoms with Gasteiger partial charge in [0.25, 0.3) is 11.5 Å². The molecule has 1 aromatic carbocycles. The van der Waals surface area contributed by atoms with E-state index in [0.717, 1.165) is 12.8 Å². The van der Waals surface area contributed by atoms with E-state index in [1.54, 1.807) is 23.1 Å². The Morgan fingerprint density at radius 1 is 1.33 bits per heavy atom. The number of benzene rings is 1. The first-order valence-electron chi connectivity index (χ1n) is 8.44. The van der Waals surface area contributed by atoms with Gasteiger partial charge in [0.15, 0.2) is 5.69 Å². The number of likely N-dealkylation sites (tertiary alicyclic amines) is 1. The maximum atomic E-state index is 13.0. The van der Waals surface area contributed by atoms with E-state index >= 15 is 0 Å². The van der Waals surface area contributed by atoms with E-state index in [4.69, 9.17) is 0 Å². The van der Waals surface area contributed by atoms with E-state index in [-0.39, 0.29) is 30.0 Å². The molecule has 0 aliphatic carbocycles. The molecule has 2 aromatic rings. The lowest BCUT2D eigenvalue weighted by molar-refractivity contribution is 0.0614. The van der Waals surface area contributed by atoms with Gasteiger partial charge in [-0.2, -0.15) is 5.10 Å². The third-order valence-electron chi connectivity index (χ3n) is 4.58. The average molecular weight is 329 g/mol. The highest BCUT2D eigenvalue weighted by atomic mass is 16.3. The molecule has 128 valence electrons. The maximum Gasteiger partial charge on any atom is 0.274 e. The smallest absolute Gasteiger partial charge is 0.274 e. The zero-order chi connectivity index (χ0) is 17.3. The molecular weight excluding hydrogens is 306 g/mol. The number of amides is 1. The number of hydrogen-bond acceptors (Lipinski definition) is 4. The number of hydrogen-bond donors (Lipinski definition) is 1. The van der Waals surface area contributed by atoms with Crippen molar-refractivity contribution < 1.29 is 9.90 Å². The molecule has 1 aliphatic heterocycles. The van der Waals surface area contributed by atoms with Crippen LogP contribution in [0.2, 0.25) is 0 Å². The maximum absolute atomic E-state index is 13.0. The first-order valence-corrected chi connectivity index (χ1v) is 8.44. The van der Waals surface area contributed by atoms with E-state index < -0.39 is 0 Å². The van der Waals surface area contributed by atoms with E-state index in [1.165, 1.54) is 4.68 Å². The van der Waals surface area contributed by atoms with Crippen LogP contribution in [0.1, 0.15) is 43.2 Å². The molecule has 1 unspecified atom stereocenters. The van der Waals surface area contributed by atoms with E-state index in [0.29, 0.717) is 29.6 Å². The van der Waals surface area contributed by atoms with Gasteiger partial charge in [0, 0.05) is 25.1 Å². The molecule has 0 bridgehead atoms. The number of nitrogens with zero attached hydrogens (tertiary/aromatic N) is 3. The molecular formula is C18H23N3O3. The summed E-state index contributed by atoms with van der Waals surface area (Å²) in [6.07, 6.45) is 1.80. The third-order valence-corrected chi connectivity index (χ3v) is 4.58. The van der Waals surface area contributed by atoms with E-state index in [2.05, 4.69) is 5.10 Å². The van der Waals surface area contributed by atoms with Gasteiger partial charge in [-0.3, -0.25) is 9.59 Å². The summed E-state index contributed by atoms with van der Waals surface area (Å²) in [7, 11) is 0. The predicted molar refractivity (Wildman–Crippen MR) is 92.1 cm³/mol. The number of aromatic nitrogens is 2. The summed E-state index contributed by atoms with van der Waals surface area (Å²) in [6, 6.07) is 7.00. The standard InChI is InChI=1S/C18H23N3O3/c1-12(2)21-17(23)15-8-4-3-7-14(15)16(19-21)18(24)20-9-5-6-13(10-20)11-22/h3-4,7-8,12-13,22H,5-6,9-11H2,1-2H3. The number of fused-ring (bicyclic) bond motifs is 1. The molecule has 1 aliphatic rings. The molecule has 6 nitrogen and oxygen atoms in total. The fraction of sp³-hybridized carbons (Fsp3) is 0.500. The number of rotatable bonds is 3. The zero-order valence-electron chi connectivity index (χ0n) is 14.1. The molecule has 0 radical (unpaired) electrons. The average Bonchev–Trinajstić information content (AvgIpc) is 2.61. The predicted octanol–water partition coefficient (Wildman–Crippen LogP) is 1.82. The summed E-state index contributed by atoms with van der Waals surface area (Å²) in [6.45, 7) is 5.03. The molecule has 6 heteroatoms. The Labute approximate surface area is 140 Å². The second-order valence-corrected chi connectivity index (χ2v) is 6.68. The van der Waals surface area contributed by atoms with Gasteiger partial charge in [0.1, 0.15) is 0 Å². The monoisotopic (exact) mass is 329 g/mol. The van der Waals surface area contributed by atoms with Gasteiger partial charge in [-0.05, 0) is 38.7 Å². The van der Waals surface area contributed by atoms with Crippen LogP contribution in [-0.4, -0.2) is 45.4 Å². The SMILES string of the molecule is CC(C)n1nc(C(=O)N2CCCC(CO)C2)c2ccccc2c1=O. The molecule has 24 heavy (non-hydrogen) atoms. The fourth-order valence-electron chi connectivity index (χ4n) is 3.26. The lowest BCUT2D eigenvalue weighted by atomic mass is 9.98. The number of carbonyl (C=O) groups is 1. The van der Waals surface area contributed by atoms with Gasteiger partial charge >= 0.3 is 0 Å². The van der Waals surface area contributed by atoms with Crippen molar-refractivity contribution >= 4 is 16.7 Å². The number of aliphatic hydroxyl groups is 1. The lowest BCUT2D eigenvalue weighted by Gasteiger charge is -2.32. The summed E-state index contributed by atoms with van der Waals surface area (Å²) < 4.78 is 1.38. The summed E-state index contributed by atoms with van der Waals surface area (Å²) in [5.74, 6) is -0.0521. The highest BCUT2D eigenvalue weighted by molar-refractivity contribution is 6.04. The Morgan fingerprint density at radius 3 is 2.71 bits per heavy atom. The minimum absolute atomic E-state index is 0.0868. The van der Waals surface area contributed by atoms with Crippen molar-refractivity contribution in [2.75, 3.05) is 19.7 Å². The van der Waals surface area contributed by atoms with Gasteiger partial charge in [0.05, 0.1) is 11.4 Å². The Hall–Kier alpha value is -2.21. The molecule has 1 amide bonds. The van der Waals surface area contributed by atoms with E-state index in [1.807, 2.05) is 19.9 Å². The molecule has 3 rings (SSSR count). The number of piperidine rings is 1. The van der Waals surface area contributed by atoms with Crippen LogP contribution in [0.3, 0.4) is 0 Å². The van der Waals surface area contributed by atoms with Gasteiger partial charge in [-0.15, -0.1) is 0 Å². The molecule has 0 saturated carbocycles. The summed E-state index contributed by atoms with van der Waals surface area (Å²) >= 11 is 0. The number of carbonyl (C=O) groups excluding carboxylic acids is 1. The Morgan fingerprint density at radius 2 is 2.04 bits per heavy atom. The van der Waals surface area contributed by atoms with Gasteiger partial charge in [0.2, 0.25) is 0 Å². The van der Waals surface area contributed by atoms with Crippen LogP contribution in [0.5, 0.6) is 0 Å². The minimum atomic E-state index is -0.177. The van der Waals surface area contributed by atoms with Gasteiger partial charge < -0.3 is 10.0 Å². The van der Waals surface area contributed by atoms with Crippen molar-refractivity contribution in [3.8, 4) is 0 Å². The van der Waals surface area contributed by atoms with Crippen LogP contribution in [0.4, 0.5) is 0 Å². The van der Waals surface area contributed by atoms with Gasteiger partial charge in [-0.1, -0.05) is 18.2 Å². The van der Waals surface area contributed by atoms with Crippen LogP contribution in [0.15, 0.2) is 29.1 Å². The molecule has 1 fully saturated rings. The minimum Gasteiger partial charge on any atom is -0.396 e. The lowest BCUT2D eigenvalue weighted by Crippen LogP contribution is -2.42. The van der Waals surface area contributed by atoms with Crippen LogP contribution in [0, 0.1) is 5.92 Å². The van der Waals surface area contributed by atoms with Crippen molar-refractivity contribution in [1.29, 1.82) is 0 Å². The van der Waals surface area contributed by atoms with Crippen LogP contribution < -0.4 is 5.56 Å². The van der Waals surface area contributed by atoms with Crippen molar-refractivity contribution in [3.05, 3.63) is 40.3 Å². The Bertz CT molecular complexity index is 813. The van der Waals surface area contributed by atoms with Crippen LogP contribution in [0.25, 0.3) is 10.8 Å². The van der Waals surface area contributed by atoms with Gasteiger partial charge in [-0.25, -0.2) is 4.68 Å². The highest BCUT2D eigenvalue weighted by Crippen LogP contribution is 2.21. The molecule has 1 saturated heterocycles.